The van der Waals surface area contributed by atoms with Crippen LogP contribution in [-0.4, -0.2) is 33.7 Å². The first-order valence-corrected chi connectivity index (χ1v) is 12.7. The fraction of sp³-hybridized carbons (Fsp3) is 0.292. The van der Waals surface area contributed by atoms with Gasteiger partial charge in [-0.1, -0.05) is 13.0 Å². The molecule has 3 aromatic rings. The number of anilines is 1. The molecule has 0 aliphatic rings. The van der Waals surface area contributed by atoms with E-state index < -0.39 is 44.5 Å². The number of amides is 1. The van der Waals surface area contributed by atoms with Crippen LogP contribution in [0.25, 0.3) is 0 Å². The maximum Gasteiger partial charge on any atom is 0.435 e. The Balaban J connectivity index is 2.11. The molecule has 0 spiro atoms. The lowest BCUT2D eigenvalue weighted by atomic mass is 10.0. The van der Waals surface area contributed by atoms with Crippen molar-refractivity contribution in [3.05, 3.63) is 64.3 Å². The maximum absolute atomic E-state index is 13.6. The van der Waals surface area contributed by atoms with Crippen LogP contribution in [0.4, 0.5) is 18.9 Å². The zero-order chi connectivity index (χ0) is 26.8. The topological polar surface area (TPSA) is 114 Å². The standard InChI is InChI=1S/C24H25F3N4O4S/c1-6-15-10-17(12-19(34-4)13(15)2)35-23-20(14(3)21(30-31-23)24(25,26)27)22(32)29-16-8-7-9-18(11-16)36(5,28)33/h7-12,28H,6H2,1-5H3,(H,29,32). The molecule has 1 aromatic heterocycles. The number of methoxy groups -OCH3 is 1. The number of halogens is 3. The van der Waals surface area contributed by atoms with Crippen LogP contribution in [0.2, 0.25) is 0 Å². The van der Waals surface area contributed by atoms with E-state index in [4.69, 9.17) is 14.3 Å². The van der Waals surface area contributed by atoms with Gasteiger partial charge in [-0.05, 0) is 61.2 Å². The van der Waals surface area contributed by atoms with Gasteiger partial charge >= 0.3 is 6.18 Å². The number of nitrogens with one attached hydrogen (secondary N) is 2. The third kappa shape index (κ3) is 5.76. The van der Waals surface area contributed by atoms with Gasteiger partial charge in [-0.15, -0.1) is 10.2 Å². The van der Waals surface area contributed by atoms with Gasteiger partial charge in [0.15, 0.2) is 5.69 Å². The molecular weight excluding hydrogens is 497 g/mol. The average molecular weight is 523 g/mol. The third-order valence-electron chi connectivity index (χ3n) is 5.48. The molecule has 2 aromatic carbocycles. The van der Waals surface area contributed by atoms with Crippen molar-refractivity contribution in [2.75, 3.05) is 18.7 Å². The van der Waals surface area contributed by atoms with Crippen LogP contribution in [0.15, 0.2) is 41.3 Å². The molecule has 2 N–H and O–H groups in total. The third-order valence-corrected chi connectivity index (χ3v) is 6.63. The summed E-state index contributed by atoms with van der Waals surface area (Å²) in [4.78, 5) is 13.4. The van der Waals surface area contributed by atoms with E-state index in [2.05, 4.69) is 15.5 Å². The van der Waals surface area contributed by atoms with E-state index in [1.54, 1.807) is 12.1 Å². The van der Waals surface area contributed by atoms with E-state index >= 15 is 0 Å². The summed E-state index contributed by atoms with van der Waals surface area (Å²) in [5, 5.41) is 9.34. The summed E-state index contributed by atoms with van der Waals surface area (Å²) >= 11 is 0. The second-order valence-electron chi connectivity index (χ2n) is 8.04. The predicted molar refractivity (Wildman–Crippen MR) is 128 cm³/mol. The Labute approximate surface area is 206 Å². The molecular formula is C24H25F3N4O4S. The molecule has 12 heteroatoms. The van der Waals surface area contributed by atoms with E-state index in [1.807, 2.05) is 13.8 Å². The Morgan fingerprint density at radius 1 is 1.14 bits per heavy atom. The molecule has 1 heterocycles. The molecule has 1 atom stereocenters. The highest BCUT2D eigenvalue weighted by Crippen LogP contribution is 2.36. The van der Waals surface area contributed by atoms with Crippen LogP contribution in [0.1, 0.15) is 39.7 Å². The molecule has 0 fully saturated rings. The highest BCUT2D eigenvalue weighted by atomic mass is 32.2. The van der Waals surface area contributed by atoms with Gasteiger partial charge in [0, 0.05) is 22.9 Å². The number of hydrogen-bond acceptors (Lipinski definition) is 7. The number of aromatic nitrogens is 2. The van der Waals surface area contributed by atoms with E-state index in [0.29, 0.717) is 12.2 Å². The first kappa shape index (κ1) is 26.9. The number of rotatable bonds is 7. The number of alkyl halides is 3. The molecule has 0 aliphatic heterocycles. The predicted octanol–water partition coefficient (Wildman–Crippen LogP) is 5.76. The molecule has 192 valence electrons. The summed E-state index contributed by atoms with van der Waals surface area (Å²) in [6, 6.07) is 8.94. The van der Waals surface area contributed by atoms with Crippen molar-refractivity contribution >= 4 is 21.3 Å². The summed E-state index contributed by atoms with van der Waals surface area (Å²) in [5.41, 5.74) is -0.379. The summed E-state index contributed by atoms with van der Waals surface area (Å²) in [5.74, 6) is -0.662. The zero-order valence-electron chi connectivity index (χ0n) is 20.2. The number of hydrogen-bond donors (Lipinski definition) is 2. The van der Waals surface area contributed by atoms with Gasteiger partial charge in [-0.2, -0.15) is 13.2 Å². The van der Waals surface area contributed by atoms with Crippen LogP contribution < -0.4 is 14.8 Å². The Hall–Kier alpha value is -3.67. The molecule has 0 saturated heterocycles. The summed E-state index contributed by atoms with van der Waals surface area (Å²) < 4.78 is 71.6. The Kier molecular flexibility index (Phi) is 7.58. The van der Waals surface area contributed by atoms with Gasteiger partial charge in [0.05, 0.1) is 16.8 Å². The SMILES string of the molecule is CCc1cc(Oc2nnc(C(F)(F)F)c(C)c2C(=O)Nc2cccc(S(C)(=N)=O)c2)cc(OC)c1C. The molecule has 0 radical (unpaired) electrons. The monoisotopic (exact) mass is 522 g/mol. The lowest BCUT2D eigenvalue weighted by Gasteiger charge is -2.17. The van der Waals surface area contributed by atoms with Gasteiger partial charge in [0.1, 0.15) is 17.1 Å². The van der Waals surface area contributed by atoms with Crippen molar-refractivity contribution in [1.29, 1.82) is 4.78 Å². The van der Waals surface area contributed by atoms with Crippen LogP contribution in [0.5, 0.6) is 17.4 Å². The van der Waals surface area contributed by atoms with Gasteiger partial charge in [-0.3, -0.25) is 4.79 Å². The second kappa shape index (κ2) is 10.1. The Morgan fingerprint density at radius 3 is 2.42 bits per heavy atom. The normalized spacial score (nSPS) is 13.1. The smallest absolute Gasteiger partial charge is 0.435 e. The minimum atomic E-state index is -4.86. The van der Waals surface area contributed by atoms with Gasteiger partial charge in [0.2, 0.25) is 0 Å². The first-order chi connectivity index (χ1) is 16.8. The lowest BCUT2D eigenvalue weighted by Crippen LogP contribution is -2.21. The largest absolute Gasteiger partial charge is 0.496 e. The number of ether oxygens (including phenoxy) is 2. The molecule has 0 saturated carbocycles. The van der Waals surface area contributed by atoms with Gasteiger partial charge in [-0.25, -0.2) is 8.99 Å². The van der Waals surface area contributed by atoms with E-state index in [0.717, 1.165) is 18.1 Å². The van der Waals surface area contributed by atoms with Crippen LogP contribution in [0, 0.1) is 18.6 Å². The molecule has 36 heavy (non-hydrogen) atoms. The summed E-state index contributed by atoms with van der Waals surface area (Å²) in [6.07, 6.45) is -3.00. The van der Waals surface area contributed by atoms with Gasteiger partial charge in [0.25, 0.3) is 11.8 Å². The summed E-state index contributed by atoms with van der Waals surface area (Å²) in [7, 11) is -1.61. The van der Waals surface area contributed by atoms with Gasteiger partial charge < -0.3 is 14.8 Å². The molecule has 0 bridgehead atoms. The summed E-state index contributed by atoms with van der Waals surface area (Å²) in [6.45, 7) is 4.89. The number of aryl methyl sites for hydroxylation is 1. The molecule has 8 nitrogen and oxygen atoms in total. The Morgan fingerprint density at radius 2 is 1.83 bits per heavy atom. The maximum atomic E-state index is 13.6. The molecule has 1 unspecified atom stereocenters. The Bertz CT molecular complexity index is 1400. The van der Waals surface area contributed by atoms with Crippen LogP contribution in [-0.2, 0) is 22.3 Å². The first-order valence-electron chi connectivity index (χ1n) is 10.7. The number of carbonyl (C=O) groups excluding carboxylic acids is 1. The van der Waals surface area contributed by atoms with Crippen LogP contribution >= 0.6 is 0 Å². The molecule has 3 rings (SSSR count). The minimum Gasteiger partial charge on any atom is -0.496 e. The number of benzene rings is 2. The fourth-order valence-corrected chi connectivity index (χ4v) is 4.27. The van der Waals surface area contributed by atoms with Crippen LogP contribution in [0.3, 0.4) is 0 Å². The fourth-order valence-electron chi connectivity index (χ4n) is 3.58. The molecule has 0 aliphatic carbocycles. The zero-order valence-corrected chi connectivity index (χ0v) is 21.1. The van der Waals surface area contributed by atoms with Crippen molar-refractivity contribution in [3.63, 3.8) is 0 Å². The van der Waals surface area contributed by atoms with Crippen molar-refractivity contribution in [3.8, 4) is 17.4 Å². The van der Waals surface area contributed by atoms with E-state index in [1.165, 1.54) is 37.6 Å². The quantitative estimate of drug-likeness (QED) is 0.408. The second-order valence-corrected chi connectivity index (χ2v) is 10.2. The lowest BCUT2D eigenvalue weighted by molar-refractivity contribution is -0.142. The van der Waals surface area contributed by atoms with Crippen molar-refractivity contribution in [2.45, 2.75) is 38.3 Å². The highest BCUT2D eigenvalue weighted by Gasteiger charge is 2.38. The van der Waals surface area contributed by atoms with E-state index in [-0.39, 0.29) is 16.3 Å². The number of carbonyl (C=O) groups is 1. The van der Waals surface area contributed by atoms with Crippen molar-refractivity contribution < 1.29 is 31.6 Å². The van der Waals surface area contributed by atoms with Crippen molar-refractivity contribution in [1.82, 2.24) is 10.2 Å². The highest BCUT2D eigenvalue weighted by molar-refractivity contribution is 7.91. The number of nitrogens with zero attached hydrogens (tertiary/aromatic N) is 2. The minimum absolute atomic E-state index is 0.139. The average Bonchev–Trinajstić information content (AvgIpc) is 2.78. The van der Waals surface area contributed by atoms with Crippen molar-refractivity contribution in [2.24, 2.45) is 0 Å². The van der Waals surface area contributed by atoms with E-state index in [9.17, 15) is 22.2 Å². The molecule has 1 amide bonds.